The maximum atomic E-state index is 4.58. The Morgan fingerprint density at radius 2 is 0.933 bits per heavy atom. The van der Waals surface area contributed by atoms with E-state index in [0.29, 0.717) is 0 Å². The highest BCUT2D eigenvalue weighted by Crippen LogP contribution is 2.45. The highest BCUT2D eigenvalue weighted by Gasteiger charge is 2.21. The number of nitrogens with zero attached hydrogens (tertiary/aromatic N) is 3. The first-order valence-corrected chi connectivity index (χ1v) is 26.5. The molecule has 12 aromatic carbocycles. The molecule has 2 N–H and O–H groups in total. The van der Waals surface area contributed by atoms with Gasteiger partial charge < -0.3 is 19.1 Å². The van der Waals surface area contributed by atoms with Crippen LogP contribution in [0, 0.1) is 0 Å². The lowest BCUT2D eigenvalue weighted by Gasteiger charge is -2.09. The van der Waals surface area contributed by atoms with Crippen LogP contribution in [0.1, 0.15) is 0 Å². The Labute approximate surface area is 430 Å². The van der Waals surface area contributed by atoms with Crippen molar-refractivity contribution >= 4 is 162 Å². The van der Waals surface area contributed by atoms with Crippen molar-refractivity contribution in [1.82, 2.24) is 24.1 Å². The Kier molecular flexibility index (Phi) is 7.69. The number of thiophene rings is 1. The minimum Gasteiger partial charge on any atom is -0.354 e. The molecule has 6 heterocycles. The molecule has 0 aliphatic rings. The summed E-state index contributed by atoms with van der Waals surface area (Å²) in [4.78, 5) is 12.2. The molecule has 6 aromatic heterocycles. The van der Waals surface area contributed by atoms with E-state index in [4.69, 9.17) is 0 Å². The van der Waals surface area contributed by atoms with Gasteiger partial charge in [-0.15, -0.1) is 11.3 Å². The molecule has 0 aliphatic heterocycles. The molecule has 6 heteroatoms. The monoisotopic (exact) mass is 969 g/mol. The van der Waals surface area contributed by atoms with Crippen LogP contribution in [-0.4, -0.2) is 24.1 Å². The highest BCUT2D eigenvalue weighted by molar-refractivity contribution is 7.25. The molecule has 346 valence electrons. The van der Waals surface area contributed by atoms with Gasteiger partial charge in [0.2, 0.25) is 0 Å². The zero-order chi connectivity index (χ0) is 48.6. The van der Waals surface area contributed by atoms with Gasteiger partial charge in [-0.25, -0.2) is 0 Å². The lowest BCUT2D eigenvalue weighted by atomic mass is 9.98. The normalized spacial score (nSPS) is 12.5. The van der Waals surface area contributed by atoms with Crippen molar-refractivity contribution < 1.29 is 0 Å². The molecule has 0 fully saturated rings. The number of H-pyrrole nitrogens is 2. The average Bonchev–Trinajstić information content (AvgIpc) is 4.33. The maximum absolute atomic E-state index is 4.58. The van der Waals surface area contributed by atoms with Crippen LogP contribution < -0.4 is 0 Å². The Morgan fingerprint density at radius 1 is 0.320 bits per heavy atom. The molecular formula is C69H39N5S. The zero-order valence-electron chi connectivity index (χ0n) is 40.1. The van der Waals surface area contributed by atoms with Crippen LogP contribution in [-0.2, 0) is 0 Å². The number of hydrogen-bond acceptors (Lipinski definition) is 2. The molecule has 0 radical (unpaired) electrons. The summed E-state index contributed by atoms with van der Waals surface area (Å²) in [6.45, 7) is 0. The van der Waals surface area contributed by atoms with Crippen molar-refractivity contribution in [3.8, 4) is 22.5 Å². The van der Waals surface area contributed by atoms with Gasteiger partial charge in [-0.2, -0.15) is 0 Å². The quantitative estimate of drug-likeness (QED) is 0.182. The van der Waals surface area contributed by atoms with Gasteiger partial charge in [0, 0.05) is 97.1 Å². The summed E-state index contributed by atoms with van der Waals surface area (Å²) in [5.74, 6) is 0. The third-order valence-corrected chi connectivity index (χ3v) is 17.7. The van der Waals surface area contributed by atoms with Crippen molar-refractivity contribution in [2.24, 2.45) is 0 Å². The van der Waals surface area contributed by atoms with Gasteiger partial charge >= 0.3 is 0 Å². The Balaban J connectivity index is 0.789. The van der Waals surface area contributed by atoms with Gasteiger partial charge in [-0.3, -0.25) is 4.98 Å². The summed E-state index contributed by atoms with van der Waals surface area (Å²) < 4.78 is 7.45. The topological polar surface area (TPSA) is 54.3 Å². The van der Waals surface area contributed by atoms with Crippen molar-refractivity contribution in [2.45, 2.75) is 0 Å². The number of fused-ring (bicyclic) bond motifs is 21. The number of benzene rings is 12. The molecule has 18 rings (SSSR count). The molecule has 0 atom stereocenters. The van der Waals surface area contributed by atoms with E-state index in [1.165, 1.54) is 151 Å². The number of nitrogens with one attached hydrogen (secondary N) is 2. The second kappa shape index (κ2) is 14.5. The summed E-state index contributed by atoms with van der Waals surface area (Å²) in [6, 6.07) is 79.4. The lowest BCUT2D eigenvalue weighted by molar-refractivity contribution is 1.14. The molecular weight excluding hydrogens is 931 g/mol. The SMILES string of the molecule is c1cncc(-n2c3cc4ccc(-c5ccc6sc7cc(-n8c9cc%10ccccc%10cc9c9cc%10[nH]c%11c%12ccccc%12ccc%11c%10cc98)ccc7c6c5)cc4cc3c3cc4[nH]c5ccc6ccccc6c5c4cc32)c1. The van der Waals surface area contributed by atoms with Crippen LogP contribution >= 0.6 is 11.3 Å². The molecule has 0 amide bonds. The van der Waals surface area contributed by atoms with Gasteiger partial charge in [0.15, 0.2) is 0 Å². The van der Waals surface area contributed by atoms with E-state index in [9.17, 15) is 0 Å². The van der Waals surface area contributed by atoms with E-state index in [0.717, 1.165) is 22.2 Å². The van der Waals surface area contributed by atoms with Gasteiger partial charge in [-0.1, -0.05) is 115 Å². The summed E-state index contributed by atoms with van der Waals surface area (Å²) in [5.41, 5.74) is 14.0. The van der Waals surface area contributed by atoms with E-state index in [2.05, 4.69) is 230 Å². The van der Waals surface area contributed by atoms with Crippen molar-refractivity contribution in [3.05, 3.63) is 225 Å². The number of aromatic amines is 2. The number of rotatable bonds is 3. The van der Waals surface area contributed by atoms with Gasteiger partial charge in [-0.05, 0) is 146 Å². The Morgan fingerprint density at radius 3 is 1.75 bits per heavy atom. The summed E-state index contributed by atoms with van der Waals surface area (Å²) in [6.07, 6.45) is 3.82. The third kappa shape index (κ3) is 5.53. The van der Waals surface area contributed by atoms with Crippen molar-refractivity contribution in [3.63, 3.8) is 0 Å². The molecule has 0 aliphatic carbocycles. The molecule has 18 aromatic rings. The van der Waals surface area contributed by atoms with E-state index in [1.54, 1.807) is 0 Å². The van der Waals surface area contributed by atoms with E-state index >= 15 is 0 Å². The van der Waals surface area contributed by atoms with Crippen LogP contribution in [0.25, 0.3) is 173 Å². The molecule has 0 unspecified atom stereocenters. The largest absolute Gasteiger partial charge is 0.354 e. The zero-order valence-corrected chi connectivity index (χ0v) is 40.9. The fourth-order valence-electron chi connectivity index (χ4n) is 13.1. The predicted octanol–water partition coefficient (Wildman–Crippen LogP) is 19.2. The maximum Gasteiger partial charge on any atom is 0.0645 e. The first-order valence-electron chi connectivity index (χ1n) is 25.6. The standard InChI is InChI=1S/C69H39N5S/c1-2-11-41-30-62-53(27-40(41)10-1)55-33-60-52(51-21-17-39-9-4-6-14-49(39)69(51)72-60)35-64(55)73(62)46-20-22-50-57-28-43(19-24-66(57)75-67(50)32-46)42-15-16-44-31-63-54(29-45(44)26-42)56-34-61-58(36-65(56)74(63)47-12-7-25-70-37-47)68-48-13-5-3-8-38(48)18-23-59(68)71-61/h1-37,71-72H. The van der Waals surface area contributed by atoms with E-state index in [-0.39, 0.29) is 0 Å². The first kappa shape index (κ1) is 39.8. The van der Waals surface area contributed by atoms with Gasteiger partial charge in [0.25, 0.3) is 0 Å². The molecule has 0 saturated carbocycles. The van der Waals surface area contributed by atoms with Crippen LogP contribution in [0.2, 0.25) is 0 Å². The summed E-state index contributed by atoms with van der Waals surface area (Å²) >= 11 is 1.88. The highest BCUT2D eigenvalue weighted by atomic mass is 32.1. The second-order valence-corrected chi connectivity index (χ2v) is 21.6. The lowest BCUT2D eigenvalue weighted by Crippen LogP contribution is -1.94. The number of aromatic nitrogens is 5. The van der Waals surface area contributed by atoms with Crippen LogP contribution in [0.4, 0.5) is 0 Å². The molecule has 0 bridgehead atoms. The smallest absolute Gasteiger partial charge is 0.0645 e. The minimum atomic E-state index is 1.05. The van der Waals surface area contributed by atoms with Crippen molar-refractivity contribution in [2.75, 3.05) is 0 Å². The summed E-state index contributed by atoms with van der Waals surface area (Å²) in [5, 5.41) is 22.4. The van der Waals surface area contributed by atoms with Gasteiger partial charge in [0.05, 0.1) is 39.5 Å². The minimum absolute atomic E-state index is 1.05. The average molecular weight is 970 g/mol. The Bertz CT molecular complexity index is 5550. The molecule has 5 nitrogen and oxygen atoms in total. The fraction of sp³-hybridized carbons (Fsp3) is 0. The van der Waals surface area contributed by atoms with Crippen molar-refractivity contribution in [1.29, 1.82) is 0 Å². The van der Waals surface area contributed by atoms with Gasteiger partial charge in [0.1, 0.15) is 0 Å². The second-order valence-electron chi connectivity index (χ2n) is 20.5. The van der Waals surface area contributed by atoms with Crippen LogP contribution in [0.5, 0.6) is 0 Å². The van der Waals surface area contributed by atoms with Crippen LogP contribution in [0.3, 0.4) is 0 Å². The van der Waals surface area contributed by atoms with Crippen LogP contribution in [0.15, 0.2) is 225 Å². The predicted molar refractivity (Wildman–Crippen MR) is 320 cm³/mol. The first-order chi connectivity index (χ1) is 37.1. The number of hydrogen-bond donors (Lipinski definition) is 2. The van der Waals surface area contributed by atoms with E-state index < -0.39 is 0 Å². The molecule has 0 saturated heterocycles. The summed E-state index contributed by atoms with van der Waals surface area (Å²) in [7, 11) is 0. The third-order valence-electron chi connectivity index (χ3n) is 16.5. The molecule has 0 spiro atoms. The fourth-order valence-corrected chi connectivity index (χ4v) is 14.2. The van der Waals surface area contributed by atoms with E-state index in [1.807, 2.05) is 29.8 Å². The number of pyridine rings is 1. The Hall–Kier alpha value is -9.75. The molecule has 75 heavy (non-hydrogen) atoms.